The molecule has 0 aliphatic heterocycles. The van der Waals surface area contributed by atoms with Gasteiger partial charge in [0.05, 0.1) is 0 Å². The van der Waals surface area contributed by atoms with Crippen molar-refractivity contribution in [1.29, 1.82) is 0 Å². The van der Waals surface area contributed by atoms with E-state index in [1.807, 2.05) is 117 Å². The van der Waals surface area contributed by atoms with Crippen LogP contribution < -0.4 is 10.6 Å². The number of fused-ring (bicyclic) bond motifs is 1. The molecule has 0 aliphatic carbocycles. The second-order valence-corrected chi connectivity index (χ2v) is 11.8. The van der Waals surface area contributed by atoms with Crippen molar-refractivity contribution >= 4 is 34.4 Å². The predicted molar refractivity (Wildman–Crippen MR) is 172 cm³/mol. The van der Waals surface area contributed by atoms with E-state index in [-0.39, 0.29) is 24.3 Å². The third-order valence-corrected chi connectivity index (χ3v) is 7.25. The number of nitrogens with one attached hydrogen (secondary N) is 2. The largest absolute Gasteiger partial charge is 0.444 e. The van der Waals surface area contributed by atoms with Gasteiger partial charge >= 0.3 is 6.09 Å². The van der Waals surface area contributed by atoms with E-state index < -0.39 is 23.8 Å². The quantitative estimate of drug-likeness (QED) is 0.207. The van der Waals surface area contributed by atoms with Crippen LogP contribution in [0.5, 0.6) is 0 Å². The first kappa shape index (κ1) is 31.3. The van der Waals surface area contributed by atoms with Crippen LogP contribution in [0.15, 0.2) is 103 Å². The molecule has 0 aromatic heterocycles. The molecule has 224 valence electrons. The van der Waals surface area contributed by atoms with E-state index in [9.17, 15) is 14.4 Å². The number of nitrogens with zero attached hydrogens (tertiary/aromatic N) is 1. The third-order valence-electron chi connectivity index (χ3n) is 7.25. The van der Waals surface area contributed by atoms with E-state index in [0.717, 1.165) is 16.3 Å². The maximum atomic E-state index is 14.6. The van der Waals surface area contributed by atoms with Gasteiger partial charge in [0.1, 0.15) is 17.7 Å². The fourth-order valence-corrected chi connectivity index (χ4v) is 5.03. The number of hydrogen-bond donors (Lipinski definition) is 2. The van der Waals surface area contributed by atoms with Gasteiger partial charge in [-0.2, -0.15) is 0 Å². The van der Waals surface area contributed by atoms with Gasteiger partial charge in [0.2, 0.25) is 5.91 Å². The minimum atomic E-state index is -0.967. The lowest BCUT2D eigenvalue weighted by Crippen LogP contribution is -2.55. The average molecular weight is 580 g/mol. The number of alkyl carbamates (subject to hydrolysis) is 1. The zero-order valence-electron chi connectivity index (χ0n) is 25.5. The van der Waals surface area contributed by atoms with Crippen molar-refractivity contribution in [2.45, 2.75) is 71.2 Å². The Bertz CT molecular complexity index is 1530. The van der Waals surface area contributed by atoms with Gasteiger partial charge < -0.3 is 20.3 Å². The van der Waals surface area contributed by atoms with Crippen molar-refractivity contribution in [1.82, 2.24) is 10.2 Å². The molecule has 0 saturated carbocycles. The van der Waals surface area contributed by atoms with E-state index in [0.29, 0.717) is 17.7 Å². The number of ether oxygens (including phenoxy) is 1. The summed E-state index contributed by atoms with van der Waals surface area (Å²) in [4.78, 5) is 43.3. The summed E-state index contributed by atoms with van der Waals surface area (Å²) in [5, 5.41) is 7.93. The molecule has 7 heteroatoms. The van der Waals surface area contributed by atoms with Crippen molar-refractivity contribution in [3.8, 4) is 0 Å². The Morgan fingerprint density at radius 1 is 0.814 bits per heavy atom. The van der Waals surface area contributed by atoms with Crippen molar-refractivity contribution in [2.75, 3.05) is 5.32 Å². The average Bonchev–Trinajstić information content (AvgIpc) is 2.98. The molecule has 0 fully saturated rings. The van der Waals surface area contributed by atoms with Crippen molar-refractivity contribution in [3.05, 3.63) is 114 Å². The Labute approximate surface area is 254 Å². The van der Waals surface area contributed by atoms with Crippen LogP contribution in [-0.4, -0.2) is 40.5 Å². The number of hydrogen-bond acceptors (Lipinski definition) is 4. The molecular formula is C36H41N3O4. The zero-order valence-corrected chi connectivity index (χ0v) is 25.5. The molecular weight excluding hydrogens is 538 g/mol. The minimum Gasteiger partial charge on any atom is -0.444 e. The number of amides is 3. The number of carbonyl (C=O) groups is 3. The number of anilines is 1. The molecule has 3 unspecified atom stereocenters. The van der Waals surface area contributed by atoms with Gasteiger partial charge in [-0.25, -0.2) is 4.79 Å². The Kier molecular flexibility index (Phi) is 10.2. The molecule has 0 saturated heterocycles. The van der Waals surface area contributed by atoms with Crippen LogP contribution in [0.3, 0.4) is 0 Å². The minimum absolute atomic E-state index is 0.236. The maximum absolute atomic E-state index is 14.6. The fourth-order valence-electron chi connectivity index (χ4n) is 5.03. The van der Waals surface area contributed by atoms with Gasteiger partial charge in [0, 0.05) is 18.2 Å². The Morgan fingerprint density at radius 3 is 2.05 bits per heavy atom. The van der Waals surface area contributed by atoms with E-state index in [4.69, 9.17) is 4.74 Å². The van der Waals surface area contributed by atoms with Gasteiger partial charge in [-0.3, -0.25) is 9.59 Å². The second kappa shape index (κ2) is 14.0. The lowest BCUT2D eigenvalue weighted by atomic mass is 9.98. The number of carbonyl (C=O) groups excluding carboxylic acids is 3. The normalized spacial score (nSPS) is 13.4. The highest BCUT2D eigenvalue weighted by Crippen LogP contribution is 2.29. The van der Waals surface area contributed by atoms with Crippen LogP contribution in [0.25, 0.3) is 10.8 Å². The van der Waals surface area contributed by atoms with Crippen LogP contribution in [0, 0.1) is 0 Å². The van der Waals surface area contributed by atoms with Crippen LogP contribution in [-0.2, 0) is 20.7 Å². The fraction of sp³-hybridized carbons (Fsp3) is 0.306. The van der Waals surface area contributed by atoms with E-state index in [1.54, 1.807) is 25.7 Å². The molecule has 0 aliphatic rings. The number of rotatable bonds is 10. The zero-order chi connectivity index (χ0) is 31.0. The van der Waals surface area contributed by atoms with Gasteiger partial charge in [-0.1, -0.05) is 97.9 Å². The summed E-state index contributed by atoms with van der Waals surface area (Å²) in [5.74, 6) is -0.711. The lowest BCUT2D eigenvalue weighted by molar-refractivity contribution is -0.143. The van der Waals surface area contributed by atoms with Crippen LogP contribution in [0.1, 0.15) is 58.2 Å². The monoisotopic (exact) mass is 579 g/mol. The lowest BCUT2D eigenvalue weighted by Gasteiger charge is -2.38. The summed E-state index contributed by atoms with van der Waals surface area (Å²) in [5.41, 5.74) is 1.43. The highest BCUT2D eigenvalue weighted by atomic mass is 16.6. The summed E-state index contributed by atoms with van der Waals surface area (Å²) >= 11 is 0. The molecule has 3 amide bonds. The molecule has 4 rings (SSSR count). The SMILES string of the molecule is CCC(C)N(C(=O)C(Cc1ccccc1)NC(=O)OC(C)(C)C)C(C(=O)Nc1ccc2ccccc2c1)c1ccccc1. The summed E-state index contributed by atoms with van der Waals surface area (Å²) < 4.78 is 5.53. The Morgan fingerprint density at radius 2 is 1.42 bits per heavy atom. The number of benzene rings is 4. The molecule has 4 aromatic carbocycles. The van der Waals surface area contributed by atoms with Crippen LogP contribution in [0.2, 0.25) is 0 Å². The van der Waals surface area contributed by atoms with Crippen LogP contribution in [0.4, 0.5) is 10.5 Å². The standard InChI is InChI=1S/C36H41N3O4/c1-6-25(2)39(34(41)31(23-26-15-9-7-10-16-26)38-35(42)43-36(3,4)5)32(28-18-11-8-12-19-28)33(40)37-30-22-21-27-17-13-14-20-29(27)24-30/h7-22,24-25,31-32H,6,23H2,1-5H3,(H,37,40)(H,38,42). The molecule has 0 spiro atoms. The highest BCUT2D eigenvalue weighted by molar-refractivity contribution is 6.00. The highest BCUT2D eigenvalue weighted by Gasteiger charge is 2.38. The molecule has 3 atom stereocenters. The first-order chi connectivity index (χ1) is 20.6. The van der Waals surface area contributed by atoms with Crippen molar-refractivity contribution in [3.63, 3.8) is 0 Å². The molecule has 0 bridgehead atoms. The molecule has 43 heavy (non-hydrogen) atoms. The second-order valence-electron chi connectivity index (χ2n) is 11.8. The predicted octanol–water partition coefficient (Wildman–Crippen LogP) is 7.28. The smallest absolute Gasteiger partial charge is 0.408 e. The van der Waals surface area contributed by atoms with Crippen LogP contribution >= 0.6 is 0 Å². The van der Waals surface area contributed by atoms with E-state index in [1.165, 1.54) is 0 Å². The van der Waals surface area contributed by atoms with Gasteiger partial charge in [-0.05, 0) is 68.1 Å². The first-order valence-corrected chi connectivity index (χ1v) is 14.8. The maximum Gasteiger partial charge on any atom is 0.408 e. The summed E-state index contributed by atoms with van der Waals surface area (Å²) in [7, 11) is 0. The van der Waals surface area contributed by atoms with Crippen molar-refractivity contribution < 1.29 is 19.1 Å². The summed E-state index contributed by atoms with van der Waals surface area (Å²) in [6, 6.07) is 30.2. The van der Waals surface area contributed by atoms with Gasteiger partial charge in [0.25, 0.3) is 5.91 Å². The van der Waals surface area contributed by atoms with E-state index >= 15 is 0 Å². The van der Waals surface area contributed by atoms with Gasteiger partial charge in [-0.15, -0.1) is 0 Å². The Balaban J connectivity index is 1.73. The van der Waals surface area contributed by atoms with Crippen molar-refractivity contribution in [2.24, 2.45) is 0 Å². The topological polar surface area (TPSA) is 87.7 Å². The molecule has 4 aromatic rings. The molecule has 7 nitrogen and oxygen atoms in total. The Hall–Kier alpha value is -4.65. The summed E-state index contributed by atoms with van der Waals surface area (Å²) in [6.45, 7) is 9.21. The molecule has 2 N–H and O–H groups in total. The molecule has 0 radical (unpaired) electrons. The summed E-state index contributed by atoms with van der Waals surface area (Å²) in [6.07, 6.45) is 0.144. The third kappa shape index (κ3) is 8.44. The van der Waals surface area contributed by atoms with Gasteiger partial charge in [0.15, 0.2) is 0 Å². The molecule has 0 heterocycles. The van der Waals surface area contributed by atoms with E-state index in [2.05, 4.69) is 10.6 Å². The first-order valence-electron chi connectivity index (χ1n) is 14.8.